The maximum atomic E-state index is 13.1. The molecule has 8 nitrogen and oxygen atoms in total. The highest BCUT2D eigenvalue weighted by molar-refractivity contribution is 7.98. The predicted molar refractivity (Wildman–Crippen MR) is 165 cm³/mol. The first-order valence-corrected chi connectivity index (χ1v) is 15.3. The lowest BCUT2D eigenvalue weighted by molar-refractivity contribution is 0.0596. The van der Waals surface area contributed by atoms with Gasteiger partial charge in [-0.25, -0.2) is 14.8 Å². The predicted octanol–water partition coefficient (Wildman–Crippen LogP) is 6.41. The van der Waals surface area contributed by atoms with Crippen LogP contribution in [0.5, 0.6) is 5.75 Å². The highest BCUT2D eigenvalue weighted by Gasteiger charge is 2.16. The van der Waals surface area contributed by atoms with E-state index in [0.717, 1.165) is 29.5 Å². The Hall–Kier alpha value is -3.98. The second-order valence-corrected chi connectivity index (χ2v) is 11.2. The molecule has 4 aromatic rings. The molecular formula is C33H38N4O4S. The van der Waals surface area contributed by atoms with E-state index in [1.54, 1.807) is 18.5 Å². The Morgan fingerprint density at radius 3 is 2.43 bits per heavy atom. The molecular weight excluding hydrogens is 548 g/mol. The smallest absolute Gasteiger partial charge is 0.341 e. The Bertz CT molecular complexity index is 1510. The number of unbranched alkanes of at least 4 members (excludes halogenated alkanes) is 4. The Balaban J connectivity index is 1.61. The van der Waals surface area contributed by atoms with Gasteiger partial charge in [0.25, 0.3) is 5.56 Å². The van der Waals surface area contributed by atoms with Crippen molar-refractivity contribution in [1.29, 1.82) is 0 Å². The van der Waals surface area contributed by atoms with Gasteiger partial charge in [-0.1, -0.05) is 80.3 Å². The van der Waals surface area contributed by atoms with E-state index in [2.05, 4.69) is 53.1 Å². The summed E-state index contributed by atoms with van der Waals surface area (Å²) in [6.45, 7) is 5.21. The number of aryl methyl sites for hydroxylation is 1. The standard InChI is InChI=1S/C33H38N4O4S/c1-4-5-6-7-8-15-41-30-17-26(13-14-29(30)32(39)40-3)20-37-21-28(16-27-18-34-23-35-19-27)31(38)36-33(37)42-22-25-11-9-24(2)10-12-25/h9-14,17-19,21,23H,4-8,15-16,20,22H2,1-3H3. The van der Waals surface area contributed by atoms with Gasteiger partial charge in [0.2, 0.25) is 0 Å². The topological polar surface area (TPSA) is 96.2 Å². The summed E-state index contributed by atoms with van der Waals surface area (Å²) in [5.41, 5.74) is 4.78. The van der Waals surface area contributed by atoms with Crippen LogP contribution in [0.15, 0.2) is 77.3 Å². The summed E-state index contributed by atoms with van der Waals surface area (Å²) in [5.74, 6) is 0.736. The van der Waals surface area contributed by atoms with Crippen molar-refractivity contribution in [2.24, 2.45) is 0 Å². The summed E-state index contributed by atoms with van der Waals surface area (Å²) in [7, 11) is 1.37. The molecule has 2 aromatic heterocycles. The molecule has 0 saturated carbocycles. The molecule has 0 aliphatic carbocycles. The largest absolute Gasteiger partial charge is 0.493 e. The molecule has 0 atom stereocenters. The van der Waals surface area contributed by atoms with E-state index in [-0.39, 0.29) is 5.56 Å². The van der Waals surface area contributed by atoms with Crippen molar-refractivity contribution in [2.45, 2.75) is 69.8 Å². The summed E-state index contributed by atoms with van der Waals surface area (Å²) < 4.78 is 13.1. The maximum absolute atomic E-state index is 13.1. The number of nitrogens with zero attached hydrogens (tertiary/aromatic N) is 4. The average Bonchev–Trinajstić information content (AvgIpc) is 3.00. The molecule has 0 spiro atoms. The van der Waals surface area contributed by atoms with Gasteiger partial charge < -0.3 is 14.0 Å². The van der Waals surface area contributed by atoms with Crippen LogP contribution in [-0.4, -0.2) is 39.2 Å². The summed E-state index contributed by atoms with van der Waals surface area (Å²) >= 11 is 1.52. The number of hydrogen-bond acceptors (Lipinski definition) is 8. The summed E-state index contributed by atoms with van der Waals surface area (Å²) in [5, 5.41) is 0.615. The number of thioether (sulfide) groups is 1. The fourth-order valence-corrected chi connectivity index (χ4v) is 5.41. The van der Waals surface area contributed by atoms with Crippen molar-refractivity contribution in [1.82, 2.24) is 19.5 Å². The van der Waals surface area contributed by atoms with Crippen LogP contribution in [0.4, 0.5) is 0 Å². The first-order chi connectivity index (χ1) is 20.5. The molecule has 0 aliphatic rings. The quantitative estimate of drug-likeness (QED) is 0.0683. The molecule has 0 radical (unpaired) electrons. The molecule has 0 unspecified atom stereocenters. The van der Waals surface area contributed by atoms with E-state index in [0.29, 0.717) is 47.4 Å². The van der Waals surface area contributed by atoms with Crippen molar-refractivity contribution < 1.29 is 14.3 Å². The Labute approximate surface area is 251 Å². The molecule has 4 rings (SSSR count). The SMILES string of the molecule is CCCCCCCOc1cc(Cn2cc(Cc3cncnc3)c(=O)nc2SCc2ccc(C)cc2)ccc1C(=O)OC. The highest BCUT2D eigenvalue weighted by atomic mass is 32.2. The van der Waals surface area contributed by atoms with E-state index in [1.165, 1.54) is 50.0 Å². The molecule has 0 N–H and O–H groups in total. The number of aromatic nitrogens is 4. The Kier molecular flexibility index (Phi) is 11.7. The fourth-order valence-electron chi connectivity index (χ4n) is 4.49. The van der Waals surface area contributed by atoms with Crippen molar-refractivity contribution in [3.8, 4) is 5.75 Å². The van der Waals surface area contributed by atoms with E-state index < -0.39 is 5.97 Å². The fraction of sp³-hybridized carbons (Fsp3) is 0.364. The van der Waals surface area contributed by atoms with Gasteiger partial charge in [-0.05, 0) is 42.2 Å². The Morgan fingerprint density at radius 2 is 1.69 bits per heavy atom. The van der Waals surface area contributed by atoms with Crippen LogP contribution in [0.3, 0.4) is 0 Å². The zero-order chi connectivity index (χ0) is 29.7. The monoisotopic (exact) mass is 586 g/mol. The first kappa shape index (κ1) is 31.0. The van der Waals surface area contributed by atoms with Crippen LogP contribution in [0.2, 0.25) is 0 Å². The number of methoxy groups -OCH3 is 1. The van der Waals surface area contributed by atoms with E-state index in [1.807, 2.05) is 22.9 Å². The second kappa shape index (κ2) is 15.9. The van der Waals surface area contributed by atoms with Gasteiger partial charge in [0.1, 0.15) is 17.6 Å². The number of benzene rings is 2. The summed E-state index contributed by atoms with van der Waals surface area (Å²) in [4.78, 5) is 38.2. The minimum Gasteiger partial charge on any atom is -0.493 e. The van der Waals surface area contributed by atoms with Crippen LogP contribution in [-0.2, 0) is 23.5 Å². The van der Waals surface area contributed by atoms with E-state index >= 15 is 0 Å². The second-order valence-electron chi connectivity index (χ2n) is 10.3. The van der Waals surface area contributed by atoms with Crippen molar-refractivity contribution >= 4 is 17.7 Å². The van der Waals surface area contributed by atoms with Gasteiger partial charge >= 0.3 is 5.97 Å². The normalized spacial score (nSPS) is 10.9. The van der Waals surface area contributed by atoms with Gasteiger partial charge in [-0.3, -0.25) is 4.79 Å². The summed E-state index contributed by atoms with van der Waals surface area (Å²) in [6.07, 6.45) is 12.7. The number of carbonyl (C=O) groups excluding carboxylic acids is 1. The van der Waals surface area contributed by atoms with Crippen LogP contribution in [0.25, 0.3) is 0 Å². The third-order valence-electron chi connectivity index (χ3n) is 6.84. The molecule has 2 aromatic carbocycles. The zero-order valence-corrected chi connectivity index (χ0v) is 25.4. The van der Waals surface area contributed by atoms with Gasteiger partial charge in [0.05, 0.1) is 13.7 Å². The number of carbonyl (C=O) groups is 1. The average molecular weight is 587 g/mol. The molecule has 0 saturated heterocycles. The van der Waals surface area contributed by atoms with E-state index in [4.69, 9.17) is 9.47 Å². The lowest BCUT2D eigenvalue weighted by Gasteiger charge is -2.16. The van der Waals surface area contributed by atoms with Crippen molar-refractivity contribution in [3.05, 3.63) is 111 Å². The first-order valence-electron chi connectivity index (χ1n) is 14.3. The summed E-state index contributed by atoms with van der Waals surface area (Å²) in [6, 6.07) is 13.8. The molecule has 0 aliphatic heterocycles. The van der Waals surface area contributed by atoms with E-state index in [9.17, 15) is 9.59 Å². The minimum absolute atomic E-state index is 0.269. The van der Waals surface area contributed by atoms with Gasteiger partial charge in [0, 0.05) is 42.9 Å². The lowest BCUT2D eigenvalue weighted by atomic mass is 10.1. The molecule has 42 heavy (non-hydrogen) atoms. The number of esters is 1. The highest BCUT2D eigenvalue weighted by Crippen LogP contribution is 2.26. The Morgan fingerprint density at radius 1 is 0.952 bits per heavy atom. The molecule has 2 heterocycles. The number of rotatable bonds is 15. The molecule has 0 amide bonds. The maximum Gasteiger partial charge on any atom is 0.341 e. The third-order valence-corrected chi connectivity index (χ3v) is 7.90. The minimum atomic E-state index is -0.436. The van der Waals surface area contributed by atoms with Crippen LogP contribution in [0.1, 0.15) is 77.2 Å². The molecule has 9 heteroatoms. The zero-order valence-electron chi connectivity index (χ0n) is 24.5. The van der Waals surface area contributed by atoms with Gasteiger partial charge in [-0.15, -0.1) is 0 Å². The van der Waals surface area contributed by atoms with Crippen molar-refractivity contribution in [2.75, 3.05) is 13.7 Å². The molecule has 0 bridgehead atoms. The number of hydrogen-bond donors (Lipinski definition) is 0. The molecule has 0 fully saturated rings. The van der Waals surface area contributed by atoms with Gasteiger partial charge in [0.15, 0.2) is 5.16 Å². The van der Waals surface area contributed by atoms with Gasteiger partial charge in [-0.2, -0.15) is 4.98 Å². The van der Waals surface area contributed by atoms with Crippen LogP contribution < -0.4 is 10.3 Å². The number of ether oxygens (including phenoxy) is 2. The van der Waals surface area contributed by atoms with Crippen LogP contribution in [0, 0.1) is 6.92 Å². The lowest BCUT2D eigenvalue weighted by Crippen LogP contribution is -2.20. The van der Waals surface area contributed by atoms with Crippen LogP contribution >= 0.6 is 11.8 Å². The third kappa shape index (κ3) is 9.01. The van der Waals surface area contributed by atoms with Crippen molar-refractivity contribution in [3.63, 3.8) is 0 Å². The molecule has 220 valence electrons.